The molecule has 1 aromatic rings. The Morgan fingerprint density at radius 2 is 2.10 bits per heavy atom. The fourth-order valence-electron chi connectivity index (χ4n) is 2.48. The number of hydrogen-bond acceptors (Lipinski definition) is 3. The van der Waals surface area contributed by atoms with Gasteiger partial charge in [0.15, 0.2) is 0 Å². The van der Waals surface area contributed by atoms with E-state index in [1.165, 1.54) is 0 Å². The maximum atomic E-state index is 11.8. The van der Waals surface area contributed by atoms with Gasteiger partial charge in [0.05, 0.1) is 18.8 Å². The summed E-state index contributed by atoms with van der Waals surface area (Å²) in [5.41, 5.74) is 2.04. The molecule has 0 radical (unpaired) electrons. The summed E-state index contributed by atoms with van der Waals surface area (Å²) in [5.74, 6) is 0. The van der Waals surface area contributed by atoms with Gasteiger partial charge in [-0.1, -0.05) is 24.3 Å². The fourth-order valence-corrected chi connectivity index (χ4v) is 2.48. The van der Waals surface area contributed by atoms with Gasteiger partial charge in [0.25, 0.3) is 0 Å². The summed E-state index contributed by atoms with van der Waals surface area (Å²) in [7, 11) is 0. The van der Waals surface area contributed by atoms with E-state index < -0.39 is 0 Å². The summed E-state index contributed by atoms with van der Waals surface area (Å²) in [5, 5.41) is 14.8. The van der Waals surface area contributed by atoms with Crippen molar-refractivity contribution < 1.29 is 14.6 Å². The van der Waals surface area contributed by atoms with Gasteiger partial charge in [-0.25, -0.2) is 4.79 Å². The molecule has 2 rings (SSSR count). The highest BCUT2D eigenvalue weighted by Gasteiger charge is 2.23. The van der Waals surface area contributed by atoms with Gasteiger partial charge in [0.1, 0.15) is 0 Å². The molecule has 2 atom stereocenters. The Balaban J connectivity index is 1.66. The summed E-state index contributed by atoms with van der Waals surface area (Å²) < 4.78 is 5.55. The maximum Gasteiger partial charge on any atom is 0.315 e. The number of carbonyl (C=O) groups is 1. The van der Waals surface area contributed by atoms with Crippen LogP contribution in [0.4, 0.5) is 4.79 Å². The van der Waals surface area contributed by atoms with Crippen LogP contribution in [0.3, 0.4) is 0 Å². The van der Waals surface area contributed by atoms with Crippen LogP contribution in [0.1, 0.15) is 30.9 Å². The van der Waals surface area contributed by atoms with Crippen molar-refractivity contribution in [1.29, 1.82) is 0 Å². The van der Waals surface area contributed by atoms with Gasteiger partial charge in [-0.2, -0.15) is 0 Å². The zero-order valence-corrected chi connectivity index (χ0v) is 12.5. The Morgan fingerprint density at radius 1 is 1.38 bits per heavy atom. The molecule has 5 heteroatoms. The van der Waals surface area contributed by atoms with Crippen LogP contribution in [-0.2, 0) is 17.8 Å². The molecule has 0 spiro atoms. The Hall–Kier alpha value is -1.59. The highest BCUT2D eigenvalue weighted by Crippen LogP contribution is 2.15. The minimum atomic E-state index is -0.148. The summed E-state index contributed by atoms with van der Waals surface area (Å²) in [6.45, 7) is 3.41. The Labute approximate surface area is 125 Å². The van der Waals surface area contributed by atoms with Gasteiger partial charge >= 0.3 is 6.03 Å². The molecule has 1 heterocycles. The van der Waals surface area contributed by atoms with Gasteiger partial charge in [0.2, 0.25) is 0 Å². The molecule has 5 nitrogen and oxygen atoms in total. The summed E-state index contributed by atoms with van der Waals surface area (Å²) in [6.07, 6.45) is 3.00. The second-order valence-electron chi connectivity index (χ2n) is 5.46. The molecule has 2 amide bonds. The lowest BCUT2D eigenvalue weighted by Crippen LogP contribution is -2.46. The largest absolute Gasteiger partial charge is 0.392 e. The van der Waals surface area contributed by atoms with E-state index in [9.17, 15) is 4.79 Å². The minimum absolute atomic E-state index is 0.0383. The lowest BCUT2D eigenvalue weighted by Gasteiger charge is -2.20. The number of aliphatic hydroxyl groups excluding tert-OH is 1. The lowest BCUT2D eigenvalue weighted by molar-refractivity contribution is 0.0860. The number of nitrogens with one attached hydrogen (secondary N) is 2. The van der Waals surface area contributed by atoms with Crippen LogP contribution >= 0.6 is 0 Å². The van der Waals surface area contributed by atoms with E-state index in [1.54, 1.807) is 0 Å². The maximum absolute atomic E-state index is 11.8. The molecule has 0 bridgehead atoms. The summed E-state index contributed by atoms with van der Waals surface area (Å²) in [4.78, 5) is 11.8. The number of hydrogen-bond donors (Lipinski definition) is 3. The predicted molar refractivity (Wildman–Crippen MR) is 81.0 cm³/mol. The zero-order chi connectivity index (χ0) is 15.1. The van der Waals surface area contributed by atoms with Gasteiger partial charge in [0, 0.05) is 13.2 Å². The third-order valence-corrected chi connectivity index (χ3v) is 3.79. The van der Waals surface area contributed by atoms with E-state index in [0.29, 0.717) is 6.54 Å². The van der Waals surface area contributed by atoms with Crippen molar-refractivity contribution in [2.75, 3.05) is 13.2 Å². The quantitative estimate of drug-likeness (QED) is 0.745. The monoisotopic (exact) mass is 292 g/mol. The number of amides is 2. The number of urea groups is 1. The Morgan fingerprint density at radius 3 is 2.71 bits per heavy atom. The first kappa shape index (κ1) is 15.8. The summed E-state index contributed by atoms with van der Waals surface area (Å²) >= 11 is 0. The van der Waals surface area contributed by atoms with Crippen LogP contribution in [0.25, 0.3) is 0 Å². The molecule has 2 unspecified atom stereocenters. The van der Waals surface area contributed by atoms with Crippen LogP contribution < -0.4 is 10.6 Å². The SMILES string of the molecule is CC(NC(=O)NCCc1ccc(CO)cc1)C1CCCO1. The highest BCUT2D eigenvalue weighted by molar-refractivity contribution is 5.74. The molecule has 116 valence electrons. The molecule has 21 heavy (non-hydrogen) atoms. The van der Waals surface area contributed by atoms with Crippen molar-refractivity contribution in [3.8, 4) is 0 Å². The van der Waals surface area contributed by atoms with Gasteiger partial charge in [-0.3, -0.25) is 0 Å². The van der Waals surface area contributed by atoms with Gasteiger partial charge in [-0.05, 0) is 37.3 Å². The number of rotatable bonds is 6. The average Bonchev–Trinajstić information content (AvgIpc) is 3.02. The molecule has 3 N–H and O–H groups in total. The highest BCUT2D eigenvalue weighted by atomic mass is 16.5. The molecular weight excluding hydrogens is 268 g/mol. The van der Waals surface area contributed by atoms with Crippen LogP contribution in [-0.4, -0.2) is 36.4 Å². The standard InChI is InChI=1S/C16H24N2O3/c1-12(15-3-2-10-21-15)18-16(20)17-9-8-13-4-6-14(11-19)7-5-13/h4-7,12,15,19H,2-3,8-11H2,1H3,(H2,17,18,20). The van der Waals surface area contributed by atoms with Crippen molar-refractivity contribution in [2.45, 2.75) is 44.9 Å². The number of ether oxygens (including phenoxy) is 1. The first-order valence-electron chi connectivity index (χ1n) is 7.53. The Kier molecular flexibility index (Phi) is 6.02. The van der Waals surface area contributed by atoms with E-state index >= 15 is 0 Å². The van der Waals surface area contributed by atoms with Crippen molar-refractivity contribution in [3.63, 3.8) is 0 Å². The Bertz CT molecular complexity index is 441. The van der Waals surface area contributed by atoms with Crippen molar-refractivity contribution >= 4 is 6.03 Å². The van der Waals surface area contributed by atoms with Gasteiger partial charge in [-0.15, -0.1) is 0 Å². The van der Waals surface area contributed by atoms with Crippen LogP contribution in [0.2, 0.25) is 0 Å². The zero-order valence-electron chi connectivity index (χ0n) is 12.5. The van der Waals surface area contributed by atoms with E-state index in [-0.39, 0.29) is 24.8 Å². The van der Waals surface area contributed by atoms with Gasteiger partial charge < -0.3 is 20.5 Å². The second kappa shape index (κ2) is 8.00. The van der Waals surface area contributed by atoms with Crippen molar-refractivity contribution in [3.05, 3.63) is 35.4 Å². The third kappa shape index (κ3) is 5.02. The molecular formula is C16H24N2O3. The third-order valence-electron chi connectivity index (χ3n) is 3.79. The summed E-state index contributed by atoms with van der Waals surface area (Å²) in [6, 6.07) is 7.63. The smallest absolute Gasteiger partial charge is 0.315 e. The lowest BCUT2D eigenvalue weighted by atomic mass is 10.1. The van der Waals surface area contributed by atoms with E-state index in [1.807, 2.05) is 31.2 Å². The number of carbonyl (C=O) groups excluding carboxylic acids is 1. The molecule has 0 aliphatic carbocycles. The number of benzene rings is 1. The topological polar surface area (TPSA) is 70.6 Å². The second-order valence-corrected chi connectivity index (χ2v) is 5.46. The predicted octanol–water partition coefficient (Wildman–Crippen LogP) is 1.59. The van der Waals surface area contributed by atoms with E-state index in [2.05, 4.69) is 10.6 Å². The van der Waals surface area contributed by atoms with Crippen LogP contribution in [0, 0.1) is 0 Å². The molecule has 0 saturated carbocycles. The minimum Gasteiger partial charge on any atom is -0.392 e. The first-order chi connectivity index (χ1) is 10.2. The molecule has 1 fully saturated rings. The van der Waals surface area contributed by atoms with E-state index in [4.69, 9.17) is 9.84 Å². The van der Waals surface area contributed by atoms with Crippen molar-refractivity contribution in [1.82, 2.24) is 10.6 Å². The normalized spacial score (nSPS) is 19.2. The fraction of sp³-hybridized carbons (Fsp3) is 0.562. The molecule has 1 aliphatic heterocycles. The first-order valence-corrected chi connectivity index (χ1v) is 7.53. The van der Waals surface area contributed by atoms with Crippen LogP contribution in [0.5, 0.6) is 0 Å². The molecule has 0 aromatic heterocycles. The molecule has 1 aliphatic rings. The average molecular weight is 292 g/mol. The van der Waals surface area contributed by atoms with Crippen LogP contribution in [0.15, 0.2) is 24.3 Å². The number of aliphatic hydroxyl groups is 1. The molecule has 1 saturated heterocycles. The molecule has 1 aromatic carbocycles. The van der Waals surface area contributed by atoms with E-state index in [0.717, 1.165) is 37.0 Å². The van der Waals surface area contributed by atoms with Crippen molar-refractivity contribution in [2.24, 2.45) is 0 Å².